The van der Waals surface area contributed by atoms with Crippen molar-refractivity contribution in [3.63, 3.8) is 0 Å². The van der Waals surface area contributed by atoms with Crippen LogP contribution in [-0.2, 0) is 17.6 Å². The van der Waals surface area contributed by atoms with Crippen molar-refractivity contribution < 1.29 is 23.8 Å². The Morgan fingerprint density at radius 3 is 2.62 bits per heavy atom. The number of amides is 1. The second-order valence-electron chi connectivity index (χ2n) is 8.16. The van der Waals surface area contributed by atoms with Crippen molar-refractivity contribution in [2.24, 2.45) is 0 Å². The van der Waals surface area contributed by atoms with Gasteiger partial charge >= 0.3 is 6.09 Å². The van der Waals surface area contributed by atoms with Crippen molar-refractivity contribution in [1.82, 2.24) is 14.9 Å². The molecule has 34 heavy (non-hydrogen) atoms. The first-order valence-corrected chi connectivity index (χ1v) is 11.9. The lowest BCUT2D eigenvalue weighted by molar-refractivity contribution is 0.0493. The number of aromatic nitrogens is 2. The summed E-state index contributed by atoms with van der Waals surface area (Å²) in [4.78, 5) is 22.8. The van der Waals surface area contributed by atoms with Crippen LogP contribution >= 0.6 is 11.6 Å². The molecule has 1 unspecified atom stereocenters. The molecule has 2 aromatic rings. The number of benzene rings is 1. The Bertz CT molecular complexity index is 1010. The predicted molar refractivity (Wildman–Crippen MR) is 130 cm³/mol. The van der Waals surface area contributed by atoms with E-state index < -0.39 is 18.9 Å². The first kappa shape index (κ1) is 26.0. The van der Waals surface area contributed by atoms with Crippen LogP contribution in [0.15, 0.2) is 18.2 Å². The van der Waals surface area contributed by atoms with E-state index in [2.05, 4.69) is 5.32 Å². The molecule has 3 rings (SSSR count). The van der Waals surface area contributed by atoms with E-state index >= 15 is 0 Å². The van der Waals surface area contributed by atoms with Gasteiger partial charge in [-0.05, 0) is 44.4 Å². The molecule has 1 amide bonds. The predicted octanol–water partition coefficient (Wildman–Crippen LogP) is 4.84. The molecule has 1 aromatic heterocycles. The van der Waals surface area contributed by atoms with Crippen LogP contribution < -0.4 is 10.1 Å². The molecule has 3 atom stereocenters. The van der Waals surface area contributed by atoms with Gasteiger partial charge < -0.3 is 24.8 Å². The van der Waals surface area contributed by atoms with Crippen molar-refractivity contribution in [3.8, 4) is 17.0 Å². The Morgan fingerprint density at radius 2 is 2.03 bits per heavy atom. The summed E-state index contributed by atoms with van der Waals surface area (Å²) in [6.45, 7) is 5.75. The van der Waals surface area contributed by atoms with Gasteiger partial charge in [0.2, 0.25) is 0 Å². The van der Waals surface area contributed by atoms with Gasteiger partial charge in [0.15, 0.2) is 0 Å². The first-order valence-electron chi connectivity index (χ1n) is 11.5. The van der Waals surface area contributed by atoms with Gasteiger partial charge in [0.05, 0.1) is 60.6 Å². The number of alkyl halides is 1. The van der Waals surface area contributed by atoms with Crippen molar-refractivity contribution in [1.29, 1.82) is 0 Å². The van der Waals surface area contributed by atoms with Gasteiger partial charge in [-0.15, -0.1) is 0 Å². The second-order valence-corrected chi connectivity index (χ2v) is 8.57. The lowest BCUT2D eigenvalue weighted by atomic mass is 10.1. The number of methoxy groups -OCH3 is 1. The molecule has 2 N–H and O–H groups in total. The Labute approximate surface area is 204 Å². The smallest absolute Gasteiger partial charge is 0.407 e. The summed E-state index contributed by atoms with van der Waals surface area (Å²) in [5, 5.41) is 13.5. The van der Waals surface area contributed by atoms with E-state index in [1.54, 1.807) is 13.2 Å². The molecule has 2 heterocycles. The number of carboxylic acid groups (broad SMARTS) is 1. The maximum Gasteiger partial charge on any atom is 0.407 e. The number of anilines is 1. The molecule has 1 saturated heterocycles. The third-order valence-corrected chi connectivity index (χ3v) is 6.40. The molecule has 0 aliphatic carbocycles. The topological polar surface area (TPSA) is 96.8 Å². The number of aryl methyl sites for hydroxylation is 2. The molecule has 0 radical (unpaired) electrons. The Kier molecular flexibility index (Phi) is 8.90. The van der Waals surface area contributed by atoms with Crippen LogP contribution in [0.5, 0.6) is 5.75 Å². The molecule has 1 aromatic carbocycles. The summed E-state index contributed by atoms with van der Waals surface area (Å²) in [6, 6.07) is 4.74. The van der Waals surface area contributed by atoms with Crippen molar-refractivity contribution in [2.45, 2.75) is 58.2 Å². The summed E-state index contributed by atoms with van der Waals surface area (Å²) >= 11 is 6.52. The lowest BCUT2D eigenvalue weighted by Crippen LogP contribution is -2.41. The standard InChI is InChI=1S/C24H32ClFN4O4/c1-5-18-22(16-9-8-15(33-4)12-17(16)25)27-19(6-2)23(28-18)29-21-14(3)30(24(31)32)13-20(21)34-11-7-10-26/h8-9,12,14,20-21H,5-7,10-11,13H2,1-4H3,(H,28,29)(H,31,32)/t14?,20-,21+/m0/s1. The minimum absolute atomic E-state index is 0.204. The average molecular weight is 495 g/mol. The van der Waals surface area contributed by atoms with E-state index in [1.807, 2.05) is 32.9 Å². The van der Waals surface area contributed by atoms with E-state index in [-0.39, 0.29) is 31.7 Å². The first-order chi connectivity index (χ1) is 16.3. The monoisotopic (exact) mass is 494 g/mol. The van der Waals surface area contributed by atoms with E-state index in [0.717, 1.165) is 17.0 Å². The molecule has 186 valence electrons. The fourth-order valence-electron chi connectivity index (χ4n) is 4.19. The molecular weight excluding hydrogens is 463 g/mol. The maximum absolute atomic E-state index is 12.6. The van der Waals surface area contributed by atoms with Gasteiger partial charge in [0.25, 0.3) is 0 Å². The van der Waals surface area contributed by atoms with Crippen LogP contribution in [0.3, 0.4) is 0 Å². The number of nitrogens with one attached hydrogen (secondary N) is 1. The number of hydrogen-bond donors (Lipinski definition) is 2. The fraction of sp³-hybridized carbons (Fsp3) is 0.542. The lowest BCUT2D eigenvalue weighted by Gasteiger charge is -2.26. The zero-order valence-corrected chi connectivity index (χ0v) is 20.7. The fourth-order valence-corrected chi connectivity index (χ4v) is 4.45. The van der Waals surface area contributed by atoms with E-state index in [1.165, 1.54) is 4.90 Å². The Balaban J connectivity index is 1.96. The molecular formula is C24H32ClFN4O4. The van der Waals surface area contributed by atoms with Crippen molar-refractivity contribution in [2.75, 3.05) is 32.3 Å². The van der Waals surface area contributed by atoms with Gasteiger partial charge in [0, 0.05) is 12.2 Å². The van der Waals surface area contributed by atoms with E-state index in [0.29, 0.717) is 35.1 Å². The number of likely N-dealkylation sites (tertiary alicyclic amines) is 1. The minimum atomic E-state index is -1.02. The highest BCUT2D eigenvalue weighted by molar-refractivity contribution is 6.33. The third-order valence-electron chi connectivity index (χ3n) is 6.09. The van der Waals surface area contributed by atoms with Gasteiger partial charge in [-0.1, -0.05) is 25.4 Å². The SMILES string of the molecule is CCc1nc(-c2ccc(OC)cc2Cl)c(CC)nc1N[C@@H]1C(C)N(C(=O)O)C[C@@H]1OCCCF. The molecule has 0 spiro atoms. The molecule has 0 saturated carbocycles. The van der Waals surface area contributed by atoms with Crippen LogP contribution in [0.25, 0.3) is 11.3 Å². The summed E-state index contributed by atoms with van der Waals surface area (Å²) in [5.74, 6) is 1.25. The average Bonchev–Trinajstić information content (AvgIpc) is 3.14. The Hall–Kier alpha value is -2.65. The minimum Gasteiger partial charge on any atom is -0.497 e. The zero-order valence-electron chi connectivity index (χ0n) is 20.0. The van der Waals surface area contributed by atoms with Crippen molar-refractivity contribution in [3.05, 3.63) is 34.6 Å². The van der Waals surface area contributed by atoms with Gasteiger partial charge in [-0.25, -0.2) is 14.8 Å². The van der Waals surface area contributed by atoms with E-state index in [4.69, 9.17) is 31.0 Å². The normalized spacial score (nSPS) is 19.9. The van der Waals surface area contributed by atoms with Crippen LogP contribution in [0.4, 0.5) is 15.0 Å². The van der Waals surface area contributed by atoms with Crippen LogP contribution in [-0.4, -0.2) is 71.2 Å². The van der Waals surface area contributed by atoms with Gasteiger partial charge in [-0.3, -0.25) is 4.39 Å². The zero-order chi connectivity index (χ0) is 24.8. The number of nitrogens with zero attached hydrogens (tertiary/aromatic N) is 3. The number of carbonyl (C=O) groups is 1. The van der Waals surface area contributed by atoms with Crippen molar-refractivity contribution >= 4 is 23.5 Å². The van der Waals surface area contributed by atoms with Gasteiger partial charge in [-0.2, -0.15) is 0 Å². The summed E-state index contributed by atoms with van der Waals surface area (Å²) in [5.41, 5.74) is 2.98. The Morgan fingerprint density at radius 1 is 1.29 bits per heavy atom. The molecule has 10 heteroatoms. The summed E-state index contributed by atoms with van der Waals surface area (Å²) in [7, 11) is 1.59. The third kappa shape index (κ3) is 5.52. The number of ether oxygens (including phenoxy) is 2. The van der Waals surface area contributed by atoms with Crippen LogP contribution in [0.1, 0.15) is 38.6 Å². The van der Waals surface area contributed by atoms with Crippen LogP contribution in [0.2, 0.25) is 5.02 Å². The summed E-state index contributed by atoms with van der Waals surface area (Å²) < 4.78 is 23.7. The highest BCUT2D eigenvalue weighted by Gasteiger charge is 2.43. The molecule has 1 aliphatic heterocycles. The molecule has 8 nitrogen and oxygen atoms in total. The highest BCUT2D eigenvalue weighted by Crippen LogP contribution is 2.34. The maximum atomic E-state index is 12.6. The molecule has 1 fully saturated rings. The van der Waals surface area contributed by atoms with Crippen LogP contribution in [0, 0.1) is 0 Å². The molecule has 1 aliphatic rings. The largest absolute Gasteiger partial charge is 0.497 e. The number of halogens is 2. The van der Waals surface area contributed by atoms with Gasteiger partial charge in [0.1, 0.15) is 11.6 Å². The second kappa shape index (κ2) is 11.7. The quantitative estimate of drug-likeness (QED) is 0.456. The van der Waals surface area contributed by atoms with E-state index in [9.17, 15) is 14.3 Å². The molecule has 0 bridgehead atoms. The summed E-state index contributed by atoms with van der Waals surface area (Å²) in [6.07, 6.45) is 0.0573. The number of rotatable bonds is 10. The highest BCUT2D eigenvalue weighted by atomic mass is 35.5. The number of hydrogen-bond acceptors (Lipinski definition) is 6.